The molecule has 0 heterocycles. The molecule has 0 aromatic rings. The predicted molar refractivity (Wildman–Crippen MR) is 92.4 cm³/mol. The van der Waals surface area contributed by atoms with E-state index in [2.05, 4.69) is 6.58 Å². The molecule has 0 saturated heterocycles. The third-order valence-electron chi connectivity index (χ3n) is 3.11. The van der Waals surface area contributed by atoms with Gasteiger partial charge >= 0.3 is 0 Å². The summed E-state index contributed by atoms with van der Waals surface area (Å²) in [7, 11) is 0. The van der Waals surface area contributed by atoms with Gasteiger partial charge in [-0.3, -0.25) is 9.59 Å². The van der Waals surface area contributed by atoms with Gasteiger partial charge in [0.05, 0.1) is 6.42 Å². The van der Waals surface area contributed by atoms with Crippen LogP contribution in [0.1, 0.15) is 20.3 Å². The fraction of sp³-hybridized carbons (Fsp3) is 0.200. The SMILES string of the molecule is C=C\C=C/C(=C\C=C/C)C(=O)CC(=O)C1=CC=CC(C)C=C1. The van der Waals surface area contributed by atoms with Crippen molar-refractivity contribution in [3.8, 4) is 0 Å². The Morgan fingerprint density at radius 1 is 1.27 bits per heavy atom. The number of allylic oxidation sites excluding steroid dienone is 13. The molecule has 1 aliphatic carbocycles. The lowest BCUT2D eigenvalue weighted by molar-refractivity contribution is -0.122. The van der Waals surface area contributed by atoms with Crippen LogP contribution in [0.25, 0.3) is 0 Å². The molecule has 0 amide bonds. The van der Waals surface area contributed by atoms with Crippen molar-refractivity contribution >= 4 is 11.6 Å². The summed E-state index contributed by atoms with van der Waals surface area (Å²) < 4.78 is 0. The van der Waals surface area contributed by atoms with Crippen molar-refractivity contribution in [3.63, 3.8) is 0 Å². The van der Waals surface area contributed by atoms with Crippen LogP contribution in [-0.4, -0.2) is 11.6 Å². The number of rotatable bonds is 7. The van der Waals surface area contributed by atoms with Gasteiger partial charge in [-0.2, -0.15) is 0 Å². The Morgan fingerprint density at radius 3 is 2.73 bits per heavy atom. The Bertz CT molecular complexity index is 608. The molecular formula is C20H22O2. The van der Waals surface area contributed by atoms with E-state index in [4.69, 9.17) is 0 Å². The highest BCUT2D eigenvalue weighted by atomic mass is 16.1. The van der Waals surface area contributed by atoms with Crippen LogP contribution < -0.4 is 0 Å². The zero-order valence-electron chi connectivity index (χ0n) is 13.2. The monoisotopic (exact) mass is 294 g/mol. The zero-order chi connectivity index (χ0) is 16.4. The molecule has 0 bridgehead atoms. The summed E-state index contributed by atoms with van der Waals surface area (Å²) in [5.41, 5.74) is 1.06. The van der Waals surface area contributed by atoms with E-state index in [1.807, 2.05) is 38.2 Å². The first-order valence-corrected chi connectivity index (χ1v) is 7.33. The molecule has 0 spiro atoms. The van der Waals surface area contributed by atoms with Crippen LogP contribution in [-0.2, 0) is 9.59 Å². The van der Waals surface area contributed by atoms with Gasteiger partial charge in [0, 0.05) is 11.1 Å². The molecule has 1 aliphatic rings. The predicted octanol–water partition coefficient (Wildman–Crippen LogP) is 4.45. The van der Waals surface area contributed by atoms with E-state index in [1.165, 1.54) is 0 Å². The van der Waals surface area contributed by atoms with E-state index >= 15 is 0 Å². The van der Waals surface area contributed by atoms with E-state index < -0.39 is 0 Å². The number of ketones is 2. The Balaban J connectivity index is 2.85. The Labute approximate surface area is 132 Å². The maximum atomic E-state index is 12.3. The van der Waals surface area contributed by atoms with Crippen LogP contribution >= 0.6 is 0 Å². The van der Waals surface area contributed by atoms with Crippen molar-refractivity contribution in [2.24, 2.45) is 5.92 Å². The lowest BCUT2D eigenvalue weighted by Crippen LogP contribution is -2.10. The first-order chi connectivity index (χ1) is 10.6. The molecule has 22 heavy (non-hydrogen) atoms. The first-order valence-electron chi connectivity index (χ1n) is 7.33. The molecule has 0 aliphatic heterocycles. The molecule has 0 aromatic heterocycles. The lowest BCUT2D eigenvalue weighted by Gasteiger charge is -2.02. The summed E-state index contributed by atoms with van der Waals surface area (Å²) in [6, 6.07) is 0. The zero-order valence-corrected chi connectivity index (χ0v) is 13.2. The quantitative estimate of drug-likeness (QED) is 0.395. The second-order valence-electron chi connectivity index (χ2n) is 4.99. The van der Waals surface area contributed by atoms with Gasteiger partial charge < -0.3 is 0 Å². The minimum atomic E-state index is -0.197. The third kappa shape index (κ3) is 5.88. The second-order valence-corrected chi connectivity index (χ2v) is 4.99. The van der Waals surface area contributed by atoms with Gasteiger partial charge in [-0.15, -0.1) is 0 Å². The molecule has 0 N–H and O–H groups in total. The molecule has 2 nitrogen and oxygen atoms in total. The fourth-order valence-corrected chi connectivity index (χ4v) is 1.86. The van der Waals surface area contributed by atoms with Gasteiger partial charge in [-0.1, -0.05) is 80.3 Å². The van der Waals surface area contributed by atoms with Crippen molar-refractivity contribution in [2.75, 3.05) is 0 Å². The number of Topliss-reactive ketones (excluding diaryl/α,β-unsaturated/α-hetero) is 2. The number of hydrogen-bond donors (Lipinski definition) is 0. The fourth-order valence-electron chi connectivity index (χ4n) is 1.86. The van der Waals surface area contributed by atoms with Gasteiger partial charge in [0.1, 0.15) is 0 Å². The molecule has 1 atom stereocenters. The Kier molecular flexibility index (Phi) is 7.55. The standard InChI is InChI=1S/C20H22O2/c1-4-6-10-17(11-7-5-2)19(21)15-20(22)18-12-8-9-16(3)13-14-18/h4-14,16H,1,15H2,2-3H3/b7-5-,10-6-,17-11+. The molecule has 0 saturated carbocycles. The summed E-state index contributed by atoms with van der Waals surface area (Å²) in [5.74, 6) is -0.0759. The topological polar surface area (TPSA) is 34.1 Å². The van der Waals surface area contributed by atoms with Gasteiger partial charge in [0.25, 0.3) is 0 Å². The molecule has 114 valence electrons. The van der Waals surface area contributed by atoms with Gasteiger partial charge in [0.15, 0.2) is 11.6 Å². The highest BCUT2D eigenvalue weighted by Gasteiger charge is 2.15. The highest BCUT2D eigenvalue weighted by Crippen LogP contribution is 2.14. The van der Waals surface area contributed by atoms with Crippen LogP contribution in [0, 0.1) is 5.92 Å². The van der Waals surface area contributed by atoms with Gasteiger partial charge in [0.2, 0.25) is 0 Å². The average Bonchev–Trinajstić information content (AvgIpc) is 2.72. The lowest BCUT2D eigenvalue weighted by atomic mass is 10.00. The van der Waals surface area contributed by atoms with Crippen LogP contribution in [0.3, 0.4) is 0 Å². The maximum absolute atomic E-state index is 12.3. The minimum Gasteiger partial charge on any atom is -0.294 e. The molecular weight excluding hydrogens is 272 g/mol. The number of carbonyl (C=O) groups excluding carboxylic acids is 2. The Hall–Kier alpha value is -2.48. The normalized spacial score (nSPS) is 18.5. The number of hydrogen-bond acceptors (Lipinski definition) is 2. The third-order valence-corrected chi connectivity index (χ3v) is 3.11. The molecule has 1 unspecified atom stereocenters. The smallest absolute Gasteiger partial charge is 0.170 e. The largest absolute Gasteiger partial charge is 0.294 e. The van der Waals surface area contributed by atoms with Crippen molar-refractivity contribution < 1.29 is 9.59 Å². The van der Waals surface area contributed by atoms with E-state index in [1.54, 1.807) is 42.5 Å². The molecule has 1 rings (SSSR count). The molecule has 2 heteroatoms. The average molecular weight is 294 g/mol. The minimum absolute atomic E-state index is 0.136. The van der Waals surface area contributed by atoms with Crippen LogP contribution in [0.2, 0.25) is 0 Å². The van der Waals surface area contributed by atoms with E-state index in [0.29, 0.717) is 11.1 Å². The van der Waals surface area contributed by atoms with Crippen molar-refractivity contribution in [1.82, 2.24) is 0 Å². The first kappa shape index (κ1) is 17.6. The molecule has 0 fully saturated rings. The van der Waals surface area contributed by atoms with Crippen molar-refractivity contribution in [2.45, 2.75) is 20.3 Å². The summed E-state index contributed by atoms with van der Waals surface area (Å²) in [6.45, 7) is 7.50. The van der Waals surface area contributed by atoms with Crippen molar-refractivity contribution in [1.29, 1.82) is 0 Å². The molecule has 0 radical (unpaired) electrons. The van der Waals surface area contributed by atoms with Gasteiger partial charge in [-0.05, 0) is 12.8 Å². The van der Waals surface area contributed by atoms with Crippen molar-refractivity contribution in [3.05, 3.63) is 84.6 Å². The Morgan fingerprint density at radius 2 is 2.05 bits per heavy atom. The van der Waals surface area contributed by atoms with Gasteiger partial charge in [-0.25, -0.2) is 0 Å². The number of carbonyl (C=O) groups is 2. The van der Waals surface area contributed by atoms with Crippen LogP contribution in [0.5, 0.6) is 0 Å². The summed E-state index contributed by atoms with van der Waals surface area (Å²) in [6.07, 6.45) is 19.5. The summed E-state index contributed by atoms with van der Waals surface area (Å²) in [5, 5.41) is 0. The summed E-state index contributed by atoms with van der Waals surface area (Å²) >= 11 is 0. The van der Waals surface area contributed by atoms with Crippen LogP contribution in [0.4, 0.5) is 0 Å². The highest BCUT2D eigenvalue weighted by molar-refractivity contribution is 6.15. The van der Waals surface area contributed by atoms with E-state index in [0.717, 1.165) is 0 Å². The summed E-state index contributed by atoms with van der Waals surface area (Å²) in [4.78, 5) is 24.5. The van der Waals surface area contributed by atoms with E-state index in [9.17, 15) is 9.59 Å². The second kappa shape index (κ2) is 9.46. The van der Waals surface area contributed by atoms with Crippen LogP contribution in [0.15, 0.2) is 84.6 Å². The molecule has 0 aromatic carbocycles. The maximum Gasteiger partial charge on any atom is 0.170 e. The van der Waals surface area contributed by atoms with E-state index in [-0.39, 0.29) is 23.9 Å².